The van der Waals surface area contributed by atoms with E-state index in [0.717, 1.165) is 5.56 Å². The average Bonchev–Trinajstić information content (AvgIpc) is 3.04. The van der Waals surface area contributed by atoms with E-state index >= 15 is 0 Å². The standard InChI is InChI=1S/C15H20N4O4S2/c1-19(11(20)8-24-15-18-17-14(16)25-15)7-9-5-6-10(21-2)13(23-4)12(9)22-3/h5-6H,7-8H2,1-4H3,(H2,16,17). The second kappa shape index (κ2) is 8.77. The van der Waals surface area contributed by atoms with Crippen molar-refractivity contribution in [1.29, 1.82) is 0 Å². The van der Waals surface area contributed by atoms with Crippen LogP contribution in [0.5, 0.6) is 17.2 Å². The van der Waals surface area contributed by atoms with Crippen molar-refractivity contribution in [1.82, 2.24) is 15.1 Å². The number of thioether (sulfide) groups is 1. The molecule has 1 aromatic carbocycles. The number of nitrogens with zero attached hydrogens (tertiary/aromatic N) is 3. The molecule has 0 saturated heterocycles. The molecule has 0 unspecified atom stereocenters. The molecule has 0 atom stereocenters. The Hall–Kier alpha value is -2.20. The third kappa shape index (κ3) is 4.67. The molecule has 0 aliphatic rings. The van der Waals surface area contributed by atoms with E-state index in [1.807, 2.05) is 6.07 Å². The zero-order chi connectivity index (χ0) is 18.4. The summed E-state index contributed by atoms with van der Waals surface area (Å²) in [7, 11) is 6.39. The molecule has 8 nitrogen and oxygen atoms in total. The van der Waals surface area contributed by atoms with Gasteiger partial charge < -0.3 is 24.8 Å². The number of carbonyl (C=O) groups is 1. The summed E-state index contributed by atoms with van der Waals surface area (Å²) in [6, 6.07) is 3.64. The van der Waals surface area contributed by atoms with Gasteiger partial charge >= 0.3 is 0 Å². The minimum Gasteiger partial charge on any atom is -0.493 e. The fourth-order valence-corrected chi connectivity index (χ4v) is 3.72. The lowest BCUT2D eigenvalue weighted by Gasteiger charge is -2.20. The van der Waals surface area contributed by atoms with E-state index in [9.17, 15) is 4.79 Å². The Balaban J connectivity index is 2.06. The fraction of sp³-hybridized carbons (Fsp3) is 0.400. The Morgan fingerprint density at radius 1 is 1.20 bits per heavy atom. The van der Waals surface area contributed by atoms with Gasteiger partial charge in [-0.2, -0.15) is 0 Å². The molecule has 1 heterocycles. The van der Waals surface area contributed by atoms with E-state index in [1.165, 1.54) is 23.1 Å². The molecule has 1 aromatic heterocycles. The first-order valence-electron chi connectivity index (χ1n) is 7.23. The van der Waals surface area contributed by atoms with Crippen molar-refractivity contribution in [3.63, 3.8) is 0 Å². The summed E-state index contributed by atoms with van der Waals surface area (Å²) in [4.78, 5) is 14.0. The van der Waals surface area contributed by atoms with Crippen molar-refractivity contribution in [2.75, 3.05) is 39.9 Å². The van der Waals surface area contributed by atoms with Crippen molar-refractivity contribution in [3.05, 3.63) is 17.7 Å². The van der Waals surface area contributed by atoms with E-state index in [4.69, 9.17) is 19.9 Å². The van der Waals surface area contributed by atoms with Crippen molar-refractivity contribution in [3.8, 4) is 17.2 Å². The van der Waals surface area contributed by atoms with E-state index in [-0.39, 0.29) is 11.7 Å². The molecule has 0 fully saturated rings. The first kappa shape index (κ1) is 19.1. The van der Waals surface area contributed by atoms with Crippen LogP contribution in [0.4, 0.5) is 5.13 Å². The van der Waals surface area contributed by atoms with Gasteiger partial charge in [-0.3, -0.25) is 4.79 Å². The minimum atomic E-state index is -0.0457. The van der Waals surface area contributed by atoms with Crippen LogP contribution in [0.2, 0.25) is 0 Å². The number of methoxy groups -OCH3 is 3. The number of ether oxygens (including phenoxy) is 3. The highest BCUT2D eigenvalue weighted by molar-refractivity contribution is 8.01. The number of hydrogen-bond acceptors (Lipinski definition) is 9. The summed E-state index contributed by atoms with van der Waals surface area (Å²) in [6.07, 6.45) is 0. The van der Waals surface area contributed by atoms with E-state index < -0.39 is 0 Å². The Morgan fingerprint density at radius 3 is 2.48 bits per heavy atom. The van der Waals surface area contributed by atoms with Crippen LogP contribution in [0, 0.1) is 0 Å². The highest BCUT2D eigenvalue weighted by Crippen LogP contribution is 2.40. The van der Waals surface area contributed by atoms with Crippen LogP contribution in [-0.4, -0.2) is 55.1 Å². The minimum absolute atomic E-state index is 0.0457. The number of nitrogen functional groups attached to an aromatic ring is 1. The predicted molar refractivity (Wildman–Crippen MR) is 97.6 cm³/mol. The van der Waals surface area contributed by atoms with Gasteiger partial charge in [0.15, 0.2) is 15.8 Å². The second-order valence-electron chi connectivity index (χ2n) is 4.94. The van der Waals surface area contributed by atoms with E-state index in [1.54, 1.807) is 39.3 Å². The van der Waals surface area contributed by atoms with Gasteiger partial charge in [-0.15, -0.1) is 10.2 Å². The highest BCUT2D eigenvalue weighted by Gasteiger charge is 2.19. The number of amides is 1. The molecule has 0 aliphatic heterocycles. The molecular formula is C15H20N4O4S2. The zero-order valence-electron chi connectivity index (χ0n) is 14.4. The van der Waals surface area contributed by atoms with Crippen molar-refractivity contribution >= 4 is 34.1 Å². The summed E-state index contributed by atoms with van der Waals surface area (Å²) < 4.78 is 16.7. The lowest BCUT2D eigenvalue weighted by atomic mass is 10.1. The monoisotopic (exact) mass is 384 g/mol. The maximum absolute atomic E-state index is 12.3. The van der Waals surface area contributed by atoms with Gasteiger partial charge in [0.25, 0.3) is 0 Å². The van der Waals surface area contributed by atoms with Gasteiger partial charge in [0.2, 0.25) is 16.8 Å². The summed E-state index contributed by atoms with van der Waals surface area (Å²) in [5, 5.41) is 8.00. The summed E-state index contributed by atoms with van der Waals surface area (Å²) in [6.45, 7) is 0.376. The van der Waals surface area contributed by atoms with Crippen LogP contribution < -0.4 is 19.9 Å². The molecule has 0 spiro atoms. The molecule has 2 rings (SSSR count). The first-order chi connectivity index (χ1) is 12.0. The zero-order valence-corrected chi connectivity index (χ0v) is 16.1. The number of rotatable bonds is 8. The normalized spacial score (nSPS) is 10.4. The fourth-order valence-electron chi connectivity index (χ4n) is 2.14. The Labute approximate surface area is 154 Å². The number of carbonyl (C=O) groups excluding carboxylic acids is 1. The number of aromatic nitrogens is 2. The molecule has 0 bridgehead atoms. The maximum Gasteiger partial charge on any atom is 0.233 e. The van der Waals surface area contributed by atoms with Crippen molar-refractivity contribution in [2.24, 2.45) is 0 Å². The van der Waals surface area contributed by atoms with Gasteiger partial charge in [-0.1, -0.05) is 23.1 Å². The van der Waals surface area contributed by atoms with Crippen LogP contribution in [0.25, 0.3) is 0 Å². The summed E-state index contributed by atoms with van der Waals surface area (Å²) >= 11 is 2.57. The molecule has 0 radical (unpaired) electrons. The van der Waals surface area contributed by atoms with Gasteiger partial charge in [0.05, 0.1) is 27.1 Å². The smallest absolute Gasteiger partial charge is 0.233 e. The first-order valence-corrected chi connectivity index (χ1v) is 9.04. The molecule has 2 aromatic rings. The van der Waals surface area contributed by atoms with Crippen LogP contribution in [0.3, 0.4) is 0 Å². The van der Waals surface area contributed by atoms with Crippen molar-refractivity contribution < 1.29 is 19.0 Å². The number of anilines is 1. The van der Waals surface area contributed by atoms with Gasteiger partial charge in [0, 0.05) is 19.2 Å². The van der Waals surface area contributed by atoms with Crippen LogP contribution in [0.15, 0.2) is 16.5 Å². The largest absolute Gasteiger partial charge is 0.493 e. The van der Waals surface area contributed by atoms with E-state index in [0.29, 0.717) is 33.3 Å². The summed E-state index contributed by atoms with van der Waals surface area (Å²) in [5.41, 5.74) is 6.35. The Bertz CT molecular complexity index is 738. The van der Waals surface area contributed by atoms with Gasteiger partial charge in [-0.25, -0.2) is 0 Å². The number of hydrogen-bond donors (Lipinski definition) is 1. The van der Waals surface area contributed by atoms with Gasteiger partial charge in [-0.05, 0) is 12.1 Å². The SMILES string of the molecule is COc1ccc(CN(C)C(=O)CSc2nnc(N)s2)c(OC)c1OC. The quantitative estimate of drug-likeness (QED) is 0.689. The van der Waals surface area contributed by atoms with Crippen molar-refractivity contribution in [2.45, 2.75) is 10.9 Å². The topological polar surface area (TPSA) is 99.8 Å². The number of benzene rings is 1. The molecule has 2 N–H and O–H groups in total. The molecule has 25 heavy (non-hydrogen) atoms. The Morgan fingerprint density at radius 2 is 1.92 bits per heavy atom. The van der Waals surface area contributed by atoms with Crippen LogP contribution in [-0.2, 0) is 11.3 Å². The molecule has 0 saturated carbocycles. The lowest BCUT2D eigenvalue weighted by Crippen LogP contribution is -2.28. The molecular weight excluding hydrogens is 364 g/mol. The molecule has 136 valence electrons. The molecule has 0 aliphatic carbocycles. The second-order valence-corrected chi connectivity index (χ2v) is 7.17. The summed E-state index contributed by atoms with van der Waals surface area (Å²) in [5.74, 6) is 1.83. The van der Waals surface area contributed by atoms with Crippen LogP contribution in [0.1, 0.15) is 5.56 Å². The lowest BCUT2D eigenvalue weighted by molar-refractivity contribution is -0.127. The molecule has 10 heteroatoms. The highest BCUT2D eigenvalue weighted by atomic mass is 32.2. The Kier molecular flexibility index (Phi) is 6.71. The third-order valence-electron chi connectivity index (χ3n) is 3.36. The third-order valence-corrected chi connectivity index (χ3v) is 5.23. The number of nitrogens with two attached hydrogens (primary N) is 1. The predicted octanol–water partition coefficient (Wildman–Crippen LogP) is 1.90. The average molecular weight is 384 g/mol. The molecule has 1 amide bonds. The van der Waals surface area contributed by atoms with Crippen LogP contribution >= 0.6 is 23.1 Å². The van der Waals surface area contributed by atoms with Gasteiger partial charge in [0.1, 0.15) is 0 Å². The maximum atomic E-state index is 12.3. The van der Waals surface area contributed by atoms with E-state index in [2.05, 4.69) is 10.2 Å².